The topological polar surface area (TPSA) is 41.9 Å². The summed E-state index contributed by atoms with van der Waals surface area (Å²) in [6, 6.07) is 7.86. The van der Waals surface area contributed by atoms with Gasteiger partial charge in [0.05, 0.1) is 12.8 Å². The normalized spacial score (nSPS) is 14.4. The van der Waals surface area contributed by atoms with Crippen LogP contribution in [0.25, 0.3) is 0 Å². The minimum Gasteiger partial charge on any atom is -0.442 e. The number of amides is 1. The van der Waals surface area contributed by atoms with Gasteiger partial charge in [-0.2, -0.15) is 10.1 Å². The van der Waals surface area contributed by atoms with E-state index in [1.807, 2.05) is 45.0 Å². The van der Waals surface area contributed by atoms with Crippen LogP contribution in [0.2, 0.25) is 0 Å². The number of rotatable bonds is 0. The number of fused-ring (bicyclic) bond motifs is 1. The molecule has 4 heteroatoms. The maximum Gasteiger partial charge on any atom is 0.431 e. The first-order chi connectivity index (χ1) is 7.96. The van der Waals surface area contributed by atoms with Crippen molar-refractivity contribution in [3.63, 3.8) is 0 Å². The Morgan fingerprint density at radius 2 is 2.06 bits per heavy atom. The Kier molecular flexibility index (Phi) is 2.88. The fourth-order valence-electron chi connectivity index (χ4n) is 1.56. The summed E-state index contributed by atoms with van der Waals surface area (Å²) in [5.41, 5.74) is 1.63. The molecule has 0 bridgehead atoms. The van der Waals surface area contributed by atoms with Crippen LogP contribution < -0.4 is 0 Å². The van der Waals surface area contributed by atoms with Crippen LogP contribution in [0.15, 0.2) is 29.4 Å². The molecule has 0 atom stereocenters. The first-order valence-electron chi connectivity index (χ1n) is 5.58. The molecular weight excluding hydrogens is 216 g/mol. The minimum atomic E-state index is -0.496. The molecule has 2 rings (SSSR count). The number of hydrogen-bond acceptors (Lipinski definition) is 3. The second-order valence-electron chi connectivity index (χ2n) is 4.98. The summed E-state index contributed by atoms with van der Waals surface area (Å²) < 4.78 is 5.27. The van der Waals surface area contributed by atoms with Gasteiger partial charge in [0, 0.05) is 0 Å². The molecule has 4 nitrogen and oxygen atoms in total. The van der Waals surface area contributed by atoms with E-state index in [-0.39, 0.29) is 0 Å². The predicted octanol–water partition coefficient (Wildman–Crippen LogP) is 2.77. The van der Waals surface area contributed by atoms with Gasteiger partial charge < -0.3 is 4.74 Å². The predicted molar refractivity (Wildman–Crippen MR) is 65.8 cm³/mol. The summed E-state index contributed by atoms with van der Waals surface area (Å²) in [5, 5.41) is 5.43. The quantitative estimate of drug-likeness (QED) is 0.690. The van der Waals surface area contributed by atoms with Crippen LogP contribution in [0.3, 0.4) is 0 Å². The molecule has 1 heterocycles. The lowest BCUT2D eigenvalue weighted by molar-refractivity contribution is 0.0236. The van der Waals surface area contributed by atoms with E-state index in [9.17, 15) is 4.79 Å². The van der Waals surface area contributed by atoms with Crippen LogP contribution in [0.4, 0.5) is 4.79 Å². The Morgan fingerprint density at radius 3 is 2.76 bits per heavy atom. The maximum absolute atomic E-state index is 11.8. The molecule has 0 radical (unpaired) electrons. The zero-order chi connectivity index (χ0) is 12.5. The van der Waals surface area contributed by atoms with Crippen LogP contribution >= 0.6 is 0 Å². The van der Waals surface area contributed by atoms with Gasteiger partial charge in [-0.25, -0.2) is 4.79 Å². The van der Waals surface area contributed by atoms with Gasteiger partial charge in [-0.05, 0) is 31.9 Å². The van der Waals surface area contributed by atoms with E-state index in [4.69, 9.17) is 4.74 Å². The highest BCUT2D eigenvalue weighted by Crippen LogP contribution is 2.18. The van der Waals surface area contributed by atoms with Gasteiger partial charge >= 0.3 is 6.09 Å². The fourth-order valence-corrected chi connectivity index (χ4v) is 1.56. The average Bonchev–Trinajstić information content (AvgIpc) is 2.26. The zero-order valence-corrected chi connectivity index (χ0v) is 10.3. The molecule has 1 aromatic rings. The highest BCUT2D eigenvalue weighted by molar-refractivity contribution is 5.84. The molecule has 0 N–H and O–H groups in total. The molecule has 17 heavy (non-hydrogen) atoms. The molecule has 0 unspecified atom stereocenters. The van der Waals surface area contributed by atoms with Gasteiger partial charge in [0.2, 0.25) is 0 Å². The van der Waals surface area contributed by atoms with Crippen molar-refractivity contribution >= 4 is 12.3 Å². The lowest BCUT2D eigenvalue weighted by atomic mass is 10.1. The minimum absolute atomic E-state index is 0.414. The van der Waals surface area contributed by atoms with E-state index in [2.05, 4.69) is 5.10 Å². The summed E-state index contributed by atoms with van der Waals surface area (Å²) in [6.07, 6.45) is 1.27. The van der Waals surface area contributed by atoms with Gasteiger partial charge in [0.15, 0.2) is 0 Å². The largest absolute Gasteiger partial charge is 0.442 e. The first kappa shape index (κ1) is 11.6. The molecule has 0 saturated carbocycles. The van der Waals surface area contributed by atoms with Crippen LogP contribution in [0.1, 0.15) is 31.9 Å². The van der Waals surface area contributed by atoms with Crippen molar-refractivity contribution in [1.82, 2.24) is 5.01 Å². The molecule has 0 spiro atoms. The van der Waals surface area contributed by atoms with Crippen molar-refractivity contribution in [3.05, 3.63) is 35.4 Å². The number of hydrogen-bond donors (Lipinski definition) is 0. The highest BCUT2D eigenvalue weighted by atomic mass is 16.6. The lowest BCUT2D eigenvalue weighted by Gasteiger charge is -2.26. The van der Waals surface area contributed by atoms with Gasteiger partial charge in [0.1, 0.15) is 5.60 Å². The molecule has 1 aromatic carbocycles. The Labute approximate surface area is 101 Å². The van der Waals surface area contributed by atoms with Crippen molar-refractivity contribution in [2.45, 2.75) is 32.9 Å². The monoisotopic (exact) mass is 232 g/mol. The molecule has 0 fully saturated rings. The number of carbonyl (C=O) groups is 1. The summed E-state index contributed by atoms with van der Waals surface area (Å²) >= 11 is 0. The highest BCUT2D eigenvalue weighted by Gasteiger charge is 2.24. The van der Waals surface area contributed by atoms with Crippen LogP contribution in [-0.4, -0.2) is 22.9 Å². The number of hydrazone groups is 1. The van der Waals surface area contributed by atoms with Crippen LogP contribution in [0.5, 0.6) is 0 Å². The molecule has 0 saturated heterocycles. The van der Waals surface area contributed by atoms with Crippen molar-refractivity contribution < 1.29 is 9.53 Å². The smallest absolute Gasteiger partial charge is 0.431 e. The molecular formula is C13H16N2O2. The second-order valence-corrected chi connectivity index (χ2v) is 4.98. The van der Waals surface area contributed by atoms with Crippen molar-refractivity contribution in [3.8, 4) is 0 Å². The fraction of sp³-hybridized carbons (Fsp3) is 0.385. The molecule has 0 aliphatic carbocycles. The number of ether oxygens (including phenoxy) is 1. The summed E-state index contributed by atoms with van der Waals surface area (Å²) in [7, 11) is 0. The number of nitrogens with zero attached hydrogens (tertiary/aromatic N) is 2. The summed E-state index contributed by atoms with van der Waals surface area (Å²) in [5.74, 6) is 0. The SMILES string of the molecule is CC(C)(C)OC(=O)N1Cc2ccccc2C=N1. The standard InChI is InChI=1S/C13H16N2O2/c1-13(2,3)17-12(16)15-9-11-7-5-4-6-10(11)8-14-15/h4-8H,9H2,1-3H3. The van der Waals surface area contributed by atoms with E-state index >= 15 is 0 Å². The Bertz CT molecular complexity index is 461. The van der Waals surface area contributed by atoms with Crippen LogP contribution in [-0.2, 0) is 11.3 Å². The zero-order valence-electron chi connectivity index (χ0n) is 10.3. The van der Waals surface area contributed by atoms with E-state index in [1.54, 1.807) is 6.21 Å². The molecule has 1 aliphatic heterocycles. The third-order valence-electron chi connectivity index (χ3n) is 2.32. The second kappa shape index (κ2) is 4.20. The van der Waals surface area contributed by atoms with Gasteiger partial charge in [-0.15, -0.1) is 0 Å². The number of benzene rings is 1. The molecule has 1 amide bonds. The molecule has 0 aromatic heterocycles. The Morgan fingerprint density at radius 1 is 1.35 bits per heavy atom. The summed E-state index contributed by atoms with van der Waals surface area (Å²) in [4.78, 5) is 11.8. The third-order valence-corrected chi connectivity index (χ3v) is 2.32. The summed E-state index contributed by atoms with van der Waals surface area (Å²) in [6.45, 7) is 5.98. The van der Waals surface area contributed by atoms with Crippen molar-refractivity contribution in [2.24, 2.45) is 5.10 Å². The first-order valence-corrected chi connectivity index (χ1v) is 5.58. The van der Waals surface area contributed by atoms with Crippen molar-refractivity contribution in [2.75, 3.05) is 0 Å². The molecule has 1 aliphatic rings. The third kappa shape index (κ3) is 2.84. The number of carbonyl (C=O) groups excluding carboxylic acids is 1. The van der Waals surface area contributed by atoms with Gasteiger partial charge in [-0.3, -0.25) is 0 Å². The molecule has 90 valence electrons. The van der Waals surface area contributed by atoms with Crippen molar-refractivity contribution in [1.29, 1.82) is 0 Å². The van der Waals surface area contributed by atoms with E-state index in [0.717, 1.165) is 11.1 Å². The van der Waals surface area contributed by atoms with E-state index in [1.165, 1.54) is 5.01 Å². The maximum atomic E-state index is 11.8. The van der Waals surface area contributed by atoms with E-state index < -0.39 is 11.7 Å². The average molecular weight is 232 g/mol. The van der Waals surface area contributed by atoms with Crippen LogP contribution in [0, 0.1) is 0 Å². The Balaban J connectivity index is 2.11. The lowest BCUT2D eigenvalue weighted by Crippen LogP contribution is -2.34. The Hall–Kier alpha value is -1.84. The van der Waals surface area contributed by atoms with E-state index in [0.29, 0.717) is 6.54 Å². The van der Waals surface area contributed by atoms with Gasteiger partial charge in [-0.1, -0.05) is 24.3 Å². The van der Waals surface area contributed by atoms with Gasteiger partial charge in [0.25, 0.3) is 0 Å².